The third-order valence-corrected chi connectivity index (χ3v) is 5.81. The van der Waals surface area contributed by atoms with E-state index < -0.39 is 20.0 Å². The first-order chi connectivity index (χ1) is 19.9. The maximum absolute atomic E-state index is 12.0. The van der Waals surface area contributed by atoms with Crippen molar-refractivity contribution >= 4 is 25.2 Å². The number of phosphoric ester groups is 1. The molecule has 0 bridgehead atoms. The molecular formula is C31H23N2O6PS. The Kier molecular flexibility index (Phi) is 17.7. The van der Waals surface area contributed by atoms with Crippen molar-refractivity contribution < 1.29 is 28.0 Å². The number of rotatable bonds is 7. The number of nitrogens with one attached hydrogen (secondary N) is 2. The van der Waals surface area contributed by atoms with Gasteiger partial charge < -0.3 is 19.7 Å². The molecule has 0 aromatic heterocycles. The van der Waals surface area contributed by atoms with Crippen LogP contribution in [0.3, 0.4) is 0 Å². The zero-order valence-electron chi connectivity index (χ0n) is 22.6. The molecule has 1 aliphatic rings. The molecule has 3 N–H and O–H groups in total. The number of hydrogen-bond donors (Lipinski definition) is 3. The lowest BCUT2D eigenvalue weighted by Crippen LogP contribution is -2.47. The topological polar surface area (TPSA) is 98.3 Å². The molecule has 0 heterocycles. The van der Waals surface area contributed by atoms with Crippen molar-refractivity contribution in [1.29, 1.82) is 0 Å². The van der Waals surface area contributed by atoms with Gasteiger partial charge in [0.15, 0.2) is 5.11 Å². The molecule has 0 radical (unpaired) electrons. The van der Waals surface area contributed by atoms with E-state index >= 15 is 0 Å². The lowest BCUT2D eigenvalue weighted by Gasteiger charge is -2.27. The minimum atomic E-state index is -4.24. The summed E-state index contributed by atoms with van der Waals surface area (Å²) in [7, 11) is -0.157. The lowest BCUT2D eigenvalue weighted by molar-refractivity contribution is -0.0282. The number of phosphoric acid groups is 1. The Morgan fingerprint density at radius 3 is 1.68 bits per heavy atom. The zero-order chi connectivity index (χ0) is 30.2. The smallest absolute Gasteiger partial charge is 0.384 e. The van der Waals surface area contributed by atoms with Gasteiger partial charge in [-0.1, -0.05) is 5.92 Å². The summed E-state index contributed by atoms with van der Waals surface area (Å²) in [4.78, 5) is 9.77. The summed E-state index contributed by atoms with van der Waals surface area (Å²) in [6.45, 7) is 1.97. The Morgan fingerprint density at radius 2 is 1.27 bits per heavy atom. The van der Waals surface area contributed by atoms with E-state index in [1.54, 1.807) is 6.92 Å². The number of ether oxygens (including phenoxy) is 2. The molecule has 2 unspecified atom stereocenters. The van der Waals surface area contributed by atoms with Crippen LogP contribution in [-0.2, 0) is 23.1 Å². The van der Waals surface area contributed by atoms with E-state index in [-0.39, 0.29) is 23.7 Å². The van der Waals surface area contributed by atoms with Gasteiger partial charge in [-0.25, -0.2) is 4.57 Å². The van der Waals surface area contributed by atoms with Crippen molar-refractivity contribution in [3.8, 4) is 119 Å². The van der Waals surface area contributed by atoms with Gasteiger partial charge in [-0.05, 0) is 72.9 Å². The van der Waals surface area contributed by atoms with Gasteiger partial charge in [0.05, 0.1) is 12.6 Å². The van der Waals surface area contributed by atoms with Crippen LogP contribution >= 0.6 is 20.0 Å². The van der Waals surface area contributed by atoms with Crippen LogP contribution < -0.4 is 10.6 Å². The zero-order valence-corrected chi connectivity index (χ0v) is 24.3. The molecule has 204 valence electrons. The first-order valence-electron chi connectivity index (χ1n) is 11.5. The lowest BCUT2D eigenvalue weighted by atomic mass is 10.1. The molecule has 0 aromatic carbocycles. The third-order valence-electron chi connectivity index (χ3n) is 4.62. The summed E-state index contributed by atoms with van der Waals surface area (Å²) >= 11 is 5.27. The fourth-order valence-electron chi connectivity index (χ4n) is 3.14. The van der Waals surface area contributed by atoms with Crippen molar-refractivity contribution in [1.82, 2.24) is 10.6 Å². The fourth-order valence-corrected chi connectivity index (χ4v) is 4.03. The van der Waals surface area contributed by atoms with Gasteiger partial charge >= 0.3 is 7.82 Å². The maximum atomic E-state index is 12.0. The van der Waals surface area contributed by atoms with Crippen LogP contribution in [0.4, 0.5) is 0 Å². The molecule has 0 saturated heterocycles. The Balaban J connectivity index is 2.57. The molecule has 41 heavy (non-hydrogen) atoms. The molecule has 1 rings (SSSR count). The Bertz CT molecular complexity index is 1650. The van der Waals surface area contributed by atoms with Gasteiger partial charge in [0, 0.05) is 92.5 Å². The van der Waals surface area contributed by atoms with E-state index in [1.807, 2.05) is 0 Å². The predicted molar refractivity (Wildman–Crippen MR) is 159 cm³/mol. The Morgan fingerprint density at radius 1 is 0.805 bits per heavy atom. The maximum Gasteiger partial charge on any atom is 0.472 e. The molecule has 0 aromatic rings. The monoisotopic (exact) mass is 582 g/mol. The van der Waals surface area contributed by atoms with Crippen LogP contribution in [0.25, 0.3) is 0 Å². The standard InChI is InChI=1S/C31H23N2O6PS/c1-5-6-7-8-9-10-11-12-13-14-15-16-17-18-19-20-21-22-23-24-32-31(41)33-28-25-27(26-36-2)29(30(28)37-3)39-40(34,35)38-4/h27-30H,25-26H2,1-4H3,(H,34,35)(H2,32,33,41)/t27-,28+,29?,30-/m1/s1. The van der Waals surface area contributed by atoms with Gasteiger partial charge in [0.1, 0.15) is 12.2 Å². The fraction of sp³-hybridized carbons (Fsp3) is 0.323. The molecule has 1 aliphatic carbocycles. The number of hydrogen-bond acceptors (Lipinski definition) is 6. The summed E-state index contributed by atoms with van der Waals surface area (Å²) in [6, 6.07) is 2.25. The molecule has 10 heteroatoms. The highest BCUT2D eigenvalue weighted by molar-refractivity contribution is 7.80. The van der Waals surface area contributed by atoms with E-state index in [0.29, 0.717) is 6.42 Å². The van der Waals surface area contributed by atoms with Crippen LogP contribution in [0.2, 0.25) is 0 Å². The summed E-state index contributed by atoms with van der Waals surface area (Å²) < 4.78 is 32.6. The molecule has 0 aliphatic heterocycles. The highest BCUT2D eigenvalue weighted by Gasteiger charge is 2.47. The highest BCUT2D eigenvalue weighted by Crippen LogP contribution is 2.48. The van der Waals surface area contributed by atoms with Crippen molar-refractivity contribution in [2.24, 2.45) is 5.92 Å². The van der Waals surface area contributed by atoms with Gasteiger partial charge in [-0.3, -0.25) is 14.4 Å². The largest absolute Gasteiger partial charge is 0.472 e. The second-order valence-corrected chi connectivity index (χ2v) is 9.12. The summed E-state index contributed by atoms with van der Waals surface area (Å²) in [6.07, 6.45) is -0.860. The molecular weight excluding hydrogens is 559 g/mol. The van der Waals surface area contributed by atoms with Gasteiger partial charge in [0.2, 0.25) is 0 Å². The van der Waals surface area contributed by atoms with E-state index in [9.17, 15) is 9.46 Å². The van der Waals surface area contributed by atoms with Crippen LogP contribution in [0.5, 0.6) is 0 Å². The SMILES string of the molecule is CC#CC#CC#CC#CC#CC#CC#CC#CC#CC#CNC(=S)N[C@H]1C[C@H](COC)C(OP(=O)(O)OC)[C@@H]1OC. The Hall–Kier alpha value is -4.68. The molecule has 0 amide bonds. The normalized spacial score (nSPS) is 18.2. The van der Waals surface area contributed by atoms with E-state index in [0.717, 1.165) is 7.11 Å². The summed E-state index contributed by atoms with van der Waals surface area (Å²) in [5.41, 5.74) is 0. The molecule has 1 fully saturated rings. The van der Waals surface area contributed by atoms with Gasteiger partial charge in [0.25, 0.3) is 0 Å². The van der Waals surface area contributed by atoms with Crippen LogP contribution in [0.15, 0.2) is 0 Å². The number of thiocarbonyl (C=S) groups is 1. The average Bonchev–Trinajstić information content (AvgIpc) is 3.26. The van der Waals surface area contributed by atoms with Crippen LogP contribution in [0, 0.1) is 124 Å². The van der Waals surface area contributed by atoms with Crippen LogP contribution in [0.1, 0.15) is 13.3 Å². The molecule has 5 atom stereocenters. The number of methoxy groups -OCH3 is 2. The minimum absolute atomic E-state index is 0.215. The summed E-state index contributed by atoms with van der Waals surface area (Å²) in [5.74, 6) is 47.7. The molecule has 1 saturated carbocycles. The summed E-state index contributed by atoms with van der Waals surface area (Å²) in [5, 5.41) is 5.98. The van der Waals surface area contributed by atoms with Gasteiger partial charge in [-0.15, -0.1) is 0 Å². The van der Waals surface area contributed by atoms with E-state index in [2.05, 4.69) is 134 Å². The molecule has 0 spiro atoms. The first-order valence-corrected chi connectivity index (χ1v) is 13.4. The second-order valence-electron chi connectivity index (χ2n) is 7.20. The van der Waals surface area contributed by atoms with Crippen molar-refractivity contribution in [3.63, 3.8) is 0 Å². The van der Waals surface area contributed by atoms with E-state index in [1.165, 1.54) is 14.2 Å². The quantitative estimate of drug-likeness (QED) is 0.173. The minimum Gasteiger partial charge on any atom is -0.384 e. The third kappa shape index (κ3) is 15.5. The second kappa shape index (κ2) is 21.2. The average molecular weight is 583 g/mol. The van der Waals surface area contributed by atoms with Gasteiger partial charge in [-0.2, -0.15) is 0 Å². The first kappa shape index (κ1) is 34.3. The van der Waals surface area contributed by atoms with Crippen molar-refractivity contribution in [2.45, 2.75) is 31.6 Å². The van der Waals surface area contributed by atoms with Crippen molar-refractivity contribution in [3.05, 3.63) is 0 Å². The predicted octanol–water partition coefficient (Wildman–Crippen LogP) is 0.644. The van der Waals surface area contributed by atoms with Crippen molar-refractivity contribution in [2.75, 3.05) is 27.9 Å². The molecule has 8 nitrogen and oxygen atoms in total. The highest BCUT2D eigenvalue weighted by atomic mass is 32.1. The Labute approximate surface area is 247 Å². The van der Waals surface area contributed by atoms with E-state index in [4.69, 9.17) is 26.2 Å². The van der Waals surface area contributed by atoms with Crippen LogP contribution in [-0.4, -0.2) is 56.2 Å².